The summed E-state index contributed by atoms with van der Waals surface area (Å²) in [5, 5.41) is 0. The van der Waals surface area contributed by atoms with Crippen molar-refractivity contribution >= 4 is 29.3 Å². The van der Waals surface area contributed by atoms with Gasteiger partial charge in [-0.2, -0.15) is 26.3 Å². The van der Waals surface area contributed by atoms with E-state index in [4.69, 9.17) is 4.74 Å². The molecule has 0 unspecified atom stereocenters. The molecule has 7 nitrogen and oxygen atoms in total. The molecule has 234 valence electrons. The molecule has 0 bridgehead atoms. The summed E-state index contributed by atoms with van der Waals surface area (Å²) in [5.74, 6) is -3.19. The number of hydrogen-bond acceptors (Lipinski definition) is 5. The monoisotopic (exact) mass is 638 g/mol. The van der Waals surface area contributed by atoms with Crippen molar-refractivity contribution in [1.82, 2.24) is 4.90 Å². The maximum absolute atomic E-state index is 14.9. The Balaban J connectivity index is 1.41. The Labute approximate surface area is 256 Å². The van der Waals surface area contributed by atoms with Crippen molar-refractivity contribution < 1.29 is 50.3 Å². The number of anilines is 1. The van der Waals surface area contributed by atoms with Crippen LogP contribution in [0.15, 0.2) is 84.9 Å². The summed E-state index contributed by atoms with van der Waals surface area (Å²) in [4.78, 5) is 52.6. The van der Waals surface area contributed by atoms with Crippen LogP contribution < -0.4 is 9.64 Å². The third-order valence-corrected chi connectivity index (χ3v) is 8.04. The van der Waals surface area contributed by atoms with Gasteiger partial charge in [0.1, 0.15) is 11.5 Å². The molecule has 0 saturated carbocycles. The molecule has 0 aliphatic carbocycles. The number of amides is 4. The molecular weight excluding hydrogens is 618 g/mol. The van der Waals surface area contributed by atoms with Gasteiger partial charge in [0.05, 0.1) is 27.9 Å². The minimum atomic E-state index is -6.05. The second-order valence-corrected chi connectivity index (χ2v) is 10.8. The molecular formula is C33H20F6N2O5. The fourth-order valence-corrected chi connectivity index (χ4v) is 5.69. The summed E-state index contributed by atoms with van der Waals surface area (Å²) in [6, 6.07) is 15.9. The van der Waals surface area contributed by atoms with E-state index in [1.165, 1.54) is 24.3 Å². The SMILES string of the molecule is Cc1ccc(Oc2ccc(N3C(=O)c4ccc(C(c5ccc6c(c5)C(=O)N(C)C6=O)(C(F)(F)F)C(F)(F)F)cc4C3=O)cc2)cc1. The molecule has 4 amide bonds. The number of fused-ring (bicyclic) bond motifs is 2. The number of benzene rings is 4. The first-order valence-electron chi connectivity index (χ1n) is 13.5. The number of carbonyl (C=O) groups is 4. The van der Waals surface area contributed by atoms with Crippen molar-refractivity contribution in [2.45, 2.75) is 24.7 Å². The molecule has 0 atom stereocenters. The second kappa shape index (κ2) is 10.3. The van der Waals surface area contributed by atoms with Crippen LogP contribution >= 0.6 is 0 Å². The van der Waals surface area contributed by atoms with E-state index < -0.39 is 69.2 Å². The maximum Gasteiger partial charge on any atom is 0.411 e. The van der Waals surface area contributed by atoms with E-state index in [9.17, 15) is 45.5 Å². The molecule has 13 heteroatoms. The average molecular weight is 639 g/mol. The normalized spacial score (nSPS) is 15.0. The van der Waals surface area contributed by atoms with E-state index in [0.29, 0.717) is 45.6 Å². The van der Waals surface area contributed by atoms with Crippen LogP contribution in [0.1, 0.15) is 58.1 Å². The molecule has 2 aliphatic heterocycles. The van der Waals surface area contributed by atoms with Crippen molar-refractivity contribution in [3.8, 4) is 11.5 Å². The van der Waals surface area contributed by atoms with Crippen LogP contribution in [0.25, 0.3) is 0 Å². The highest BCUT2D eigenvalue weighted by molar-refractivity contribution is 6.34. The molecule has 2 aliphatic rings. The molecule has 0 spiro atoms. The summed E-state index contributed by atoms with van der Waals surface area (Å²) in [6.07, 6.45) is -12.1. The number of hydrogen-bond donors (Lipinski definition) is 0. The zero-order valence-electron chi connectivity index (χ0n) is 23.8. The van der Waals surface area contributed by atoms with Gasteiger partial charge in [-0.05, 0) is 78.7 Å². The highest BCUT2D eigenvalue weighted by Crippen LogP contribution is 2.57. The molecule has 4 aromatic carbocycles. The van der Waals surface area contributed by atoms with E-state index >= 15 is 0 Å². The Morgan fingerprint density at radius 3 is 1.46 bits per heavy atom. The van der Waals surface area contributed by atoms with Gasteiger partial charge in [0.2, 0.25) is 5.41 Å². The van der Waals surface area contributed by atoms with Crippen LogP contribution in [0.4, 0.5) is 32.0 Å². The zero-order valence-corrected chi connectivity index (χ0v) is 23.8. The van der Waals surface area contributed by atoms with Gasteiger partial charge < -0.3 is 4.74 Å². The van der Waals surface area contributed by atoms with Crippen molar-refractivity contribution in [3.63, 3.8) is 0 Å². The highest BCUT2D eigenvalue weighted by atomic mass is 19.4. The Hall–Kier alpha value is -5.46. The molecule has 4 aromatic rings. The van der Waals surface area contributed by atoms with Gasteiger partial charge in [-0.3, -0.25) is 24.1 Å². The Bertz CT molecular complexity index is 1940. The van der Waals surface area contributed by atoms with Crippen LogP contribution in [0.2, 0.25) is 0 Å². The zero-order chi connectivity index (χ0) is 33.3. The molecule has 6 rings (SSSR count). The third-order valence-electron chi connectivity index (χ3n) is 8.04. The number of rotatable bonds is 5. The summed E-state index contributed by atoms with van der Waals surface area (Å²) >= 11 is 0. The number of alkyl halides is 6. The van der Waals surface area contributed by atoms with Crippen LogP contribution in [0, 0.1) is 6.92 Å². The van der Waals surface area contributed by atoms with Gasteiger partial charge in [-0.1, -0.05) is 29.8 Å². The van der Waals surface area contributed by atoms with Crippen LogP contribution in [-0.2, 0) is 5.41 Å². The molecule has 2 heterocycles. The number of aryl methyl sites for hydroxylation is 1. The molecule has 0 saturated heterocycles. The predicted octanol–water partition coefficient (Wildman–Crippen LogP) is 7.22. The summed E-state index contributed by atoms with van der Waals surface area (Å²) in [5.41, 5.74) is -8.57. The number of imide groups is 2. The second-order valence-electron chi connectivity index (χ2n) is 10.8. The van der Waals surface area contributed by atoms with E-state index in [-0.39, 0.29) is 11.3 Å². The standard InChI is InChI=1S/C33H20F6N2O5/c1-17-3-9-21(10-4-17)46-22-11-7-20(8-12-22)41-29(44)24-14-6-19(16-26(24)30(41)45)31(32(34,35)36,33(37,38)39)18-5-13-23-25(15-18)28(43)40(2)27(23)42/h3-16H,1-2H3. The smallest absolute Gasteiger partial charge is 0.411 e. The molecule has 0 aromatic heterocycles. The molecule has 46 heavy (non-hydrogen) atoms. The largest absolute Gasteiger partial charge is 0.457 e. The van der Waals surface area contributed by atoms with Gasteiger partial charge >= 0.3 is 12.4 Å². The summed E-state index contributed by atoms with van der Waals surface area (Å²) in [7, 11) is 1.05. The summed E-state index contributed by atoms with van der Waals surface area (Å²) in [6.45, 7) is 1.90. The van der Waals surface area contributed by atoms with Crippen LogP contribution in [0.5, 0.6) is 11.5 Å². The lowest BCUT2D eigenvalue weighted by atomic mass is 9.71. The number of ether oxygens (including phenoxy) is 1. The topological polar surface area (TPSA) is 84.0 Å². The first kappa shape index (κ1) is 30.6. The van der Waals surface area contributed by atoms with Gasteiger partial charge in [-0.15, -0.1) is 0 Å². The summed E-state index contributed by atoms with van der Waals surface area (Å²) < 4.78 is 94.9. The van der Waals surface area contributed by atoms with Gasteiger partial charge in [0.25, 0.3) is 23.6 Å². The van der Waals surface area contributed by atoms with Gasteiger partial charge in [0, 0.05) is 7.05 Å². The van der Waals surface area contributed by atoms with Crippen LogP contribution in [-0.4, -0.2) is 47.9 Å². The lowest BCUT2D eigenvalue weighted by Crippen LogP contribution is -2.55. The first-order valence-corrected chi connectivity index (χ1v) is 13.5. The van der Waals surface area contributed by atoms with Crippen LogP contribution in [0.3, 0.4) is 0 Å². The van der Waals surface area contributed by atoms with Crippen molar-refractivity contribution in [2.24, 2.45) is 0 Å². The molecule has 0 radical (unpaired) electrons. The van der Waals surface area contributed by atoms with E-state index in [2.05, 4.69) is 0 Å². The average Bonchev–Trinajstić information content (AvgIpc) is 3.37. The highest BCUT2D eigenvalue weighted by Gasteiger charge is 2.73. The fourth-order valence-electron chi connectivity index (χ4n) is 5.69. The minimum absolute atomic E-state index is 0.00725. The quantitative estimate of drug-likeness (QED) is 0.170. The Kier molecular flexibility index (Phi) is 6.84. The Morgan fingerprint density at radius 1 is 0.543 bits per heavy atom. The van der Waals surface area contributed by atoms with E-state index in [1.54, 1.807) is 12.1 Å². The van der Waals surface area contributed by atoms with Crippen molar-refractivity contribution in [1.29, 1.82) is 0 Å². The van der Waals surface area contributed by atoms with Crippen molar-refractivity contribution in [3.05, 3.63) is 124 Å². The Morgan fingerprint density at radius 2 is 0.957 bits per heavy atom. The number of halogens is 6. The third kappa shape index (κ3) is 4.44. The van der Waals surface area contributed by atoms with Gasteiger partial charge in [0.15, 0.2) is 0 Å². The number of nitrogens with zero attached hydrogens (tertiary/aromatic N) is 2. The molecule has 0 N–H and O–H groups in total. The maximum atomic E-state index is 14.9. The first-order chi connectivity index (χ1) is 21.6. The van der Waals surface area contributed by atoms with E-state index in [0.717, 1.165) is 24.7 Å². The lowest BCUT2D eigenvalue weighted by molar-refractivity contribution is -0.288. The minimum Gasteiger partial charge on any atom is -0.457 e. The number of carbonyl (C=O) groups excluding carboxylic acids is 4. The van der Waals surface area contributed by atoms with Gasteiger partial charge in [-0.25, -0.2) is 4.90 Å². The van der Waals surface area contributed by atoms with Crippen molar-refractivity contribution in [2.75, 3.05) is 11.9 Å². The predicted molar refractivity (Wildman–Crippen MR) is 151 cm³/mol. The molecule has 0 fully saturated rings. The lowest BCUT2D eigenvalue weighted by Gasteiger charge is -2.38. The van der Waals surface area contributed by atoms with E-state index in [1.807, 2.05) is 19.1 Å². The fraction of sp³-hybridized carbons (Fsp3) is 0.152.